The molecular weight excluding hydrogens is 258 g/mol. The van der Waals surface area contributed by atoms with Gasteiger partial charge in [0.05, 0.1) is 13.7 Å². The first-order chi connectivity index (χ1) is 9.28. The number of hydrogen-bond donors (Lipinski definition) is 0. The summed E-state index contributed by atoms with van der Waals surface area (Å²) in [6, 6.07) is 8.27. The van der Waals surface area contributed by atoms with Gasteiger partial charge in [0.1, 0.15) is 5.75 Å². The second kappa shape index (κ2) is 7.78. The first-order valence-corrected chi connectivity index (χ1v) is 7.79. The summed E-state index contributed by atoms with van der Waals surface area (Å²) in [4.78, 5) is 3.72. The molecule has 0 aliphatic carbocycles. The fourth-order valence-electron chi connectivity index (χ4n) is 2.25. The molecule has 1 aromatic carbocycles. The van der Waals surface area contributed by atoms with Crippen LogP contribution in [0.5, 0.6) is 5.75 Å². The maximum Gasteiger partial charge on any atom is 0.118 e. The van der Waals surface area contributed by atoms with E-state index in [9.17, 15) is 0 Å². The monoisotopic (exact) mass is 281 g/mol. The van der Waals surface area contributed by atoms with E-state index in [-0.39, 0.29) is 0 Å². The van der Waals surface area contributed by atoms with Crippen molar-refractivity contribution >= 4 is 11.8 Å². The number of rotatable bonds is 7. The number of ether oxygens (including phenoxy) is 2. The van der Waals surface area contributed by atoms with Crippen molar-refractivity contribution in [3.8, 4) is 5.75 Å². The van der Waals surface area contributed by atoms with Gasteiger partial charge in [0.2, 0.25) is 0 Å². The first kappa shape index (κ1) is 14.7. The molecule has 0 amide bonds. The van der Waals surface area contributed by atoms with Gasteiger partial charge in [-0.05, 0) is 43.7 Å². The minimum atomic E-state index is 0.732. The molecule has 106 valence electrons. The molecular formula is C15H23NO2S. The maximum atomic E-state index is 5.41. The second-order valence-electron chi connectivity index (χ2n) is 5.02. The van der Waals surface area contributed by atoms with E-state index in [0.29, 0.717) is 0 Å². The van der Waals surface area contributed by atoms with E-state index in [4.69, 9.17) is 9.47 Å². The topological polar surface area (TPSA) is 21.7 Å². The van der Waals surface area contributed by atoms with Crippen molar-refractivity contribution in [3.63, 3.8) is 0 Å². The van der Waals surface area contributed by atoms with Crippen LogP contribution in [-0.4, -0.2) is 51.1 Å². The summed E-state index contributed by atoms with van der Waals surface area (Å²) in [6.45, 7) is 4.16. The van der Waals surface area contributed by atoms with Gasteiger partial charge in [-0.15, -0.1) is 11.8 Å². The van der Waals surface area contributed by atoms with E-state index >= 15 is 0 Å². The minimum Gasteiger partial charge on any atom is -0.497 e. The molecule has 2 rings (SSSR count). The smallest absolute Gasteiger partial charge is 0.118 e. The van der Waals surface area contributed by atoms with Crippen LogP contribution in [0.15, 0.2) is 29.2 Å². The van der Waals surface area contributed by atoms with Crippen LogP contribution in [-0.2, 0) is 4.74 Å². The van der Waals surface area contributed by atoms with Gasteiger partial charge in [-0.2, -0.15) is 0 Å². The highest BCUT2D eigenvalue weighted by atomic mass is 32.2. The van der Waals surface area contributed by atoms with Gasteiger partial charge in [-0.3, -0.25) is 0 Å². The Balaban J connectivity index is 1.64. The van der Waals surface area contributed by atoms with Crippen molar-refractivity contribution in [1.82, 2.24) is 4.90 Å². The number of hydrogen-bond acceptors (Lipinski definition) is 4. The molecule has 1 fully saturated rings. The molecule has 1 aliphatic rings. The van der Waals surface area contributed by atoms with Gasteiger partial charge in [-0.1, -0.05) is 0 Å². The van der Waals surface area contributed by atoms with Crippen molar-refractivity contribution in [1.29, 1.82) is 0 Å². The Morgan fingerprint density at radius 3 is 2.79 bits per heavy atom. The molecule has 3 nitrogen and oxygen atoms in total. The Morgan fingerprint density at radius 2 is 2.16 bits per heavy atom. The molecule has 0 spiro atoms. The van der Waals surface area contributed by atoms with Crippen LogP contribution >= 0.6 is 11.8 Å². The largest absolute Gasteiger partial charge is 0.497 e. The molecule has 1 heterocycles. The summed E-state index contributed by atoms with van der Waals surface area (Å²) in [6.07, 6.45) is 1.22. The third kappa shape index (κ3) is 5.05. The lowest BCUT2D eigenvalue weighted by Crippen LogP contribution is -2.28. The van der Waals surface area contributed by atoms with E-state index in [1.165, 1.54) is 11.3 Å². The number of nitrogens with zero attached hydrogens (tertiary/aromatic N) is 1. The quantitative estimate of drug-likeness (QED) is 0.716. The van der Waals surface area contributed by atoms with Crippen LogP contribution in [0.25, 0.3) is 0 Å². The molecule has 1 atom stereocenters. The van der Waals surface area contributed by atoms with Crippen LogP contribution in [0.2, 0.25) is 0 Å². The lowest BCUT2D eigenvalue weighted by Gasteiger charge is -2.19. The fourth-order valence-corrected chi connectivity index (χ4v) is 3.22. The Kier molecular flexibility index (Phi) is 6.01. The van der Waals surface area contributed by atoms with Crippen LogP contribution in [0.1, 0.15) is 6.42 Å². The Labute approximate surface area is 120 Å². The number of thioether (sulfide) groups is 1. The van der Waals surface area contributed by atoms with E-state index in [0.717, 1.165) is 43.7 Å². The van der Waals surface area contributed by atoms with Crippen molar-refractivity contribution in [2.45, 2.75) is 11.3 Å². The highest BCUT2D eigenvalue weighted by Gasteiger charge is 2.17. The summed E-state index contributed by atoms with van der Waals surface area (Å²) in [7, 11) is 3.90. The third-order valence-corrected chi connectivity index (χ3v) is 4.39. The summed E-state index contributed by atoms with van der Waals surface area (Å²) in [5.74, 6) is 2.77. The molecule has 0 aromatic heterocycles. The average Bonchev–Trinajstić information content (AvgIpc) is 2.92. The highest BCUT2D eigenvalue weighted by Crippen LogP contribution is 2.21. The van der Waals surface area contributed by atoms with E-state index < -0.39 is 0 Å². The summed E-state index contributed by atoms with van der Waals surface area (Å²) in [5.41, 5.74) is 0. The standard InChI is InChI=1S/C15H23NO2S/c1-16(11-13-7-9-18-12-13)8-10-19-15-5-3-14(17-2)4-6-15/h3-6,13H,7-12H2,1-2H3. The minimum absolute atomic E-state index is 0.732. The lowest BCUT2D eigenvalue weighted by molar-refractivity contribution is 0.175. The van der Waals surface area contributed by atoms with Gasteiger partial charge in [0.15, 0.2) is 0 Å². The lowest BCUT2D eigenvalue weighted by atomic mass is 10.1. The highest BCUT2D eigenvalue weighted by molar-refractivity contribution is 7.99. The van der Waals surface area contributed by atoms with Crippen LogP contribution in [0, 0.1) is 5.92 Å². The predicted molar refractivity (Wildman–Crippen MR) is 80.1 cm³/mol. The normalized spacial score (nSPS) is 19.0. The zero-order chi connectivity index (χ0) is 13.5. The average molecular weight is 281 g/mol. The summed E-state index contributed by atoms with van der Waals surface area (Å²) in [5, 5.41) is 0. The Hall–Kier alpha value is -0.710. The van der Waals surface area contributed by atoms with Gasteiger partial charge in [0, 0.05) is 30.3 Å². The zero-order valence-electron chi connectivity index (χ0n) is 11.8. The van der Waals surface area contributed by atoms with Crippen molar-refractivity contribution in [2.75, 3.05) is 46.2 Å². The van der Waals surface area contributed by atoms with Crippen LogP contribution in [0.3, 0.4) is 0 Å². The zero-order valence-corrected chi connectivity index (χ0v) is 12.6. The molecule has 19 heavy (non-hydrogen) atoms. The second-order valence-corrected chi connectivity index (χ2v) is 6.18. The summed E-state index contributed by atoms with van der Waals surface area (Å²) >= 11 is 1.90. The predicted octanol–water partition coefficient (Wildman–Crippen LogP) is 2.76. The Morgan fingerprint density at radius 1 is 1.37 bits per heavy atom. The molecule has 4 heteroatoms. The number of benzene rings is 1. The molecule has 1 unspecified atom stereocenters. The van der Waals surface area contributed by atoms with Gasteiger partial charge >= 0.3 is 0 Å². The Bertz CT molecular complexity index is 363. The van der Waals surface area contributed by atoms with Crippen LogP contribution < -0.4 is 4.74 Å². The van der Waals surface area contributed by atoms with Gasteiger partial charge < -0.3 is 14.4 Å². The van der Waals surface area contributed by atoms with E-state index in [1.54, 1.807) is 7.11 Å². The van der Waals surface area contributed by atoms with Gasteiger partial charge in [-0.25, -0.2) is 0 Å². The molecule has 0 radical (unpaired) electrons. The number of methoxy groups -OCH3 is 1. The molecule has 1 saturated heterocycles. The fraction of sp³-hybridized carbons (Fsp3) is 0.600. The first-order valence-electron chi connectivity index (χ1n) is 6.81. The third-order valence-electron chi connectivity index (χ3n) is 3.40. The summed E-state index contributed by atoms with van der Waals surface area (Å²) < 4.78 is 10.6. The molecule has 1 aliphatic heterocycles. The maximum absolute atomic E-state index is 5.41. The SMILES string of the molecule is COc1ccc(SCCN(C)CC2CCOC2)cc1. The van der Waals surface area contributed by atoms with Crippen molar-refractivity contribution in [2.24, 2.45) is 5.92 Å². The molecule has 1 aromatic rings. The molecule has 0 N–H and O–H groups in total. The van der Waals surface area contributed by atoms with Crippen molar-refractivity contribution in [3.05, 3.63) is 24.3 Å². The van der Waals surface area contributed by atoms with Gasteiger partial charge in [0.25, 0.3) is 0 Å². The van der Waals surface area contributed by atoms with Crippen LogP contribution in [0.4, 0.5) is 0 Å². The van der Waals surface area contributed by atoms with E-state index in [1.807, 2.05) is 23.9 Å². The van der Waals surface area contributed by atoms with E-state index in [2.05, 4.69) is 24.1 Å². The molecule has 0 saturated carbocycles. The molecule has 0 bridgehead atoms. The van der Waals surface area contributed by atoms with Crippen molar-refractivity contribution < 1.29 is 9.47 Å².